The normalized spacial score (nSPS) is 19.2. The smallest absolute Gasteiger partial charge is 0.321 e. The van der Waals surface area contributed by atoms with Crippen LogP contribution in [0.4, 0.5) is 16.3 Å². The number of urea groups is 1. The Kier molecular flexibility index (Phi) is 7.41. The molecule has 1 aromatic heterocycles. The molecule has 0 aliphatic carbocycles. The number of fused-ring (bicyclic) bond motifs is 1. The van der Waals surface area contributed by atoms with Gasteiger partial charge in [0.1, 0.15) is 17.4 Å². The molecule has 3 heterocycles. The topological polar surface area (TPSA) is 74.7 Å². The number of hydrogen-bond donors (Lipinski definition) is 2. The summed E-state index contributed by atoms with van der Waals surface area (Å²) in [5, 5.41) is 11.3. The minimum atomic E-state index is -0.0747. The van der Waals surface area contributed by atoms with Gasteiger partial charge in [0.05, 0.1) is 23.8 Å². The maximum atomic E-state index is 13.0. The Bertz CT molecular complexity index is 1310. The molecule has 2 unspecified atom stereocenters. The van der Waals surface area contributed by atoms with E-state index in [2.05, 4.69) is 80.9 Å². The predicted molar refractivity (Wildman–Crippen MR) is 151 cm³/mol. The number of ether oxygens (including phenoxy) is 1. The van der Waals surface area contributed by atoms with Crippen LogP contribution in [0.3, 0.4) is 0 Å². The molecule has 0 radical (unpaired) electrons. The number of nitrogens with one attached hydrogen (secondary N) is 2. The van der Waals surface area contributed by atoms with E-state index in [1.54, 1.807) is 7.11 Å². The number of methoxy groups -OCH3 is 1. The van der Waals surface area contributed by atoms with Crippen LogP contribution in [0.25, 0.3) is 5.82 Å². The van der Waals surface area contributed by atoms with Crippen molar-refractivity contribution in [1.29, 1.82) is 0 Å². The third kappa shape index (κ3) is 5.32. The van der Waals surface area contributed by atoms with E-state index in [1.807, 2.05) is 40.0 Å². The first-order chi connectivity index (χ1) is 17.9. The molecule has 3 aromatic rings. The highest BCUT2D eigenvalue weighted by Crippen LogP contribution is 2.39. The van der Waals surface area contributed by atoms with E-state index in [0.717, 1.165) is 53.5 Å². The van der Waals surface area contributed by atoms with E-state index in [9.17, 15) is 4.79 Å². The van der Waals surface area contributed by atoms with Gasteiger partial charge in [0, 0.05) is 38.4 Å². The molecular weight excluding hydrogens is 532 g/mol. The Labute approximate surface area is 226 Å². The summed E-state index contributed by atoms with van der Waals surface area (Å²) in [6, 6.07) is 16.0. The van der Waals surface area contributed by atoms with Gasteiger partial charge in [-0.15, -0.1) is 0 Å². The quantitative estimate of drug-likeness (QED) is 0.414. The Hall–Kier alpha value is -3.46. The Morgan fingerprint density at radius 3 is 2.86 bits per heavy atom. The largest absolute Gasteiger partial charge is 0.497 e. The van der Waals surface area contributed by atoms with Crippen LogP contribution in [0.1, 0.15) is 30.0 Å². The molecule has 1 fully saturated rings. The molecule has 8 nitrogen and oxygen atoms in total. The van der Waals surface area contributed by atoms with Gasteiger partial charge in [-0.1, -0.05) is 30.3 Å². The average molecular weight is 566 g/mol. The van der Waals surface area contributed by atoms with Gasteiger partial charge in [-0.05, 0) is 70.9 Å². The summed E-state index contributed by atoms with van der Waals surface area (Å²) in [7, 11) is 3.72. The number of likely N-dealkylation sites (tertiary alicyclic amines) is 1. The number of nitrogens with zero attached hydrogens (tertiary/aromatic N) is 4. The van der Waals surface area contributed by atoms with Crippen molar-refractivity contribution in [3.8, 4) is 5.75 Å². The molecule has 5 rings (SSSR count). The maximum absolute atomic E-state index is 13.0. The van der Waals surface area contributed by atoms with Gasteiger partial charge in [-0.2, -0.15) is 5.10 Å². The van der Waals surface area contributed by atoms with Gasteiger partial charge in [0.25, 0.3) is 0 Å². The molecule has 0 saturated carbocycles. The summed E-state index contributed by atoms with van der Waals surface area (Å²) in [5.41, 5.74) is 3.26. The molecule has 1 saturated heterocycles. The van der Waals surface area contributed by atoms with E-state index in [1.165, 1.54) is 11.1 Å². The van der Waals surface area contributed by atoms with Crippen molar-refractivity contribution in [3.05, 3.63) is 76.4 Å². The van der Waals surface area contributed by atoms with Gasteiger partial charge < -0.3 is 25.2 Å². The molecule has 37 heavy (non-hydrogen) atoms. The highest BCUT2D eigenvalue weighted by molar-refractivity contribution is 9.10. The lowest BCUT2D eigenvalue weighted by Gasteiger charge is -2.36. The Morgan fingerprint density at radius 2 is 2.05 bits per heavy atom. The van der Waals surface area contributed by atoms with E-state index < -0.39 is 0 Å². The molecule has 9 heteroatoms. The molecule has 2 N–H and O–H groups in total. The molecule has 2 aliphatic rings. The summed E-state index contributed by atoms with van der Waals surface area (Å²) < 4.78 is 8.18. The number of benzene rings is 2. The van der Waals surface area contributed by atoms with Crippen molar-refractivity contribution < 1.29 is 9.53 Å². The fraction of sp³-hybridized carbons (Fsp3) is 0.357. The first kappa shape index (κ1) is 25.2. The highest BCUT2D eigenvalue weighted by atomic mass is 79.9. The minimum absolute atomic E-state index is 0.0747. The van der Waals surface area contributed by atoms with Gasteiger partial charge >= 0.3 is 6.03 Å². The zero-order chi connectivity index (χ0) is 25.9. The van der Waals surface area contributed by atoms with Gasteiger partial charge in [0.15, 0.2) is 0 Å². The van der Waals surface area contributed by atoms with Crippen LogP contribution >= 0.6 is 15.9 Å². The minimum Gasteiger partial charge on any atom is -0.497 e. The summed E-state index contributed by atoms with van der Waals surface area (Å²) in [4.78, 5) is 17.1. The lowest BCUT2D eigenvalue weighted by molar-refractivity contribution is 0.177. The van der Waals surface area contributed by atoms with E-state index in [4.69, 9.17) is 4.74 Å². The van der Waals surface area contributed by atoms with Crippen molar-refractivity contribution in [2.75, 3.05) is 44.0 Å². The number of aromatic nitrogens is 2. The maximum Gasteiger partial charge on any atom is 0.321 e. The number of carbonyl (C=O) groups is 1. The molecule has 0 bridgehead atoms. The van der Waals surface area contributed by atoms with Gasteiger partial charge in [0.2, 0.25) is 0 Å². The van der Waals surface area contributed by atoms with Crippen LogP contribution in [0.15, 0.2) is 65.3 Å². The molecule has 0 spiro atoms. The molecule has 2 aromatic carbocycles. The number of piperidine rings is 1. The molecule has 194 valence electrons. The van der Waals surface area contributed by atoms with Crippen LogP contribution in [-0.4, -0.2) is 54.5 Å². The van der Waals surface area contributed by atoms with Crippen molar-refractivity contribution in [2.24, 2.45) is 5.92 Å². The first-order valence-electron chi connectivity index (χ1n) is 12.6. The summed E-state index contributed by atoms with van der Waals surface area (Å²) in [5.74, 6) is 3.04. The Balaban J connectivity index is 1.28. The van der Waals surface area contributed by atoms with E-state index in [-0.39, 0.29) is 12.1 Å². The van der Waals surface area contributed by atoms with Crippen LogP contribution < -0.4 is 20.3 Å². The molecule has 2 atom stereocenters. The number of anilines is 2. The predicted octanol–water partition coefficient (Wildman–Crippen LogP) is 5.49. The molecular formula is C28H33BrN6O2. The van der Waals surface area contributed by atoms with Crippen molar-refractivity contribution >= 4 is 39.3 Å². The van der Waals surface area contributed by atoms with Crippen molar-refractivity contribution in [2.45, 2.75) is 25.8 Å². The number of carbonyl (C=O) groups excluding carboxylic acids is 1. The second-order valence-electron chi connectivity index (χ2n) is 9.69. The van der Waals surface area contributed by atoms with Crippen LogP contribution in [-0.2, 0) is 0 Å². The first-order valence-corrected chi connectivity index (χ1v) is 13.4. The van der Waals surface area contributed by atoms with Gasteiger partial charge in [-0.25, -0.2) is 9.48 Å². The van der Waals surface area contributed by atoms with Gasteiger partial charge in [-0.3, -0.25) is 0 Å². The molecule has 2 aliphatic heterocycles. The monoisotopic (exact) mass is 564 g/mol. The number of halogens is 1. The summed E-state index contributed by atoms with van der Waals surface area (Å²) in [6.07, 6.45) is 6.13. The highest BCUT2D eigenvalue weighted by Gasteiger charge is 2.30. The third-order valence-electron chi connectivity index (χ3n) is 7.20. The number of likely N-dealkylation sites (N-methyl/N-ethyl adjacent to an activating group) is 1. The van der Waals surface area contributed by atoms with E-state index in [0.29, 0.717) is 12.5 Å². The zero-order valence-corrected chi connectivity index (χ0v) is 23.0. The average Bonchev–Trinajstić information content (AvgIpc) is 3.31. The van der Waals surface area contributed by atoms with E-state index >= 15 is 0 Å². The standard InChI is InChI=1S/C28H33BrN6O2/c1-19-8-4-5-12-23(19)25-15-26(35-27(33(25)2)24(29)17-31-35)30-16-20-9-7-13-34(18-20)28(36)32-21-10-6-11-22(14-21)37-3/h4-6,8,10-12,14-15,17,20,25,30H,7,9,13,16,18H2,1-3H3,(H,32,36). The summed E-state index contributed by atoms with van der Waals surface area (Å²) >= 11 is 3.69. The van der Waals surface area contributed by atoms with Crippen molar-refractivity contribution in [3.63, 3.8) is 0 Å². The zero-order valence-electron chi connectivity index (χ0n) is 21.4. The molecule has 2 amide bonds. The SMILES string of the molecule is COc1cccc(NC(=O)N2CCCC(CNC3=CC(c4ccccc4C)N(C)c4c(Br)cnn43)C2)c1. The van der Waals surface area contributed by atoms with Crippen molar-refractivity contribution in [1.82, 2.24) is 20.0 Å². The number of rotatable bonds is 6. The fourth-order valence-corrected chi connectivity index (χ4v) is 5.74. The van der Waals surface area contributed by atoms with Crippen LogP contribution in [0.5, 0.6) is 5.75 Å². The van der Waals surface area contributed by atoms with Crippen LogP contribution in [0, 0.1) is 12.8 Å². The second-order valence-corrected chi connectivity index (χ2v) is 10.5. The Morgan fingerprint density at radius 1 is 1.22 bits per heavy atom. The number of aryl methyl sites for hydroxylation is 1. The lowest BCUT2D eigenvalue weighted by atomic mass is 9.97. The number of amides is 2. The number of hydrogen-bond acceptors (Lipinski definition) is 5. The lowest BCUT2D eigenvalue weighted by Crippen LogP contribution is -2.45. The summed E-state index contributed by atoms with van der Waals surface area (Å²) in [6.45, 7) is 4.37. The van der Waals surface area contributed by atoms with Crippen LogP contribution in [0.2, 0.25) is 0 Å². The second kappa shape index (κ2) is 10.9. The fourth-order valence-electron chi connectivity index (χ4n) is 5.20. The third-order valence-corrected chi connectivity index (χ3v) is 7.76.